The summed E-state index contributed by atoms with van der Waals surface area (Å²) in [5.41, 5.74) is 2.52. The van der Waals surface area contributed by atoms with E-state index in [9.17, 15) is 14.4 Å². The number of benzene rings is 3. The third kappa shape index (κ3) is 3.14. The molecule has 0 saturated carbocycles. The zero-order valence-corrected chi connectivity index (χ0v) is 21.7. The third-order valence-corrected chi connectivity index (χ3v) is 8.71. The predicted molar refractivity (Wildman–Crippen MR) is 153 cm³/mol. The molecule has 7 heteroatoms. The minimum absolute atomic E-state index is 0.115. The Morgan fingerprint density at radius 1 is 0.878 bits per heavy atom. The van der Waals surface area contributed by atoms with Crippen molar-refractivity contribution in [2.24, 2.45) is 5.92 Å². The number of anilines is 1. The minimum atomic E-state index is -1.41. The van der Waals surface area contributed by atoms with Crippen LogP contribution in [-0.4, -0.2) is 33.4 Å². The van der Waals surface area contributed by atoms with Gasteiger partial charge in [0.15, 0.2) is 5.76 Å². The van der Waals surface area contributed by atoms with Gasteiger partial charge in [-0.3, -0.25) is 19.4 Å². The highest BCUT2D eigenvalue weighted by Crippen LogP contribution is 2.62. The first kappa shape index (κ1) is 23.6. The molecule has 41 heavy (non-hydrogen) atoms. The van der Waals surface area contributed by atoms with Crippen molar-refractivity contribution in [1.29, 1.82) is 0 Å². The van der Waals surface area contributed by atoms with E-state index in [-0.39, 0.29) is 23.1 Å². The Labute approximate surface area is 235 Å². The van der Waals surface area contributed by atoms with E-state index in [4.69, 9.17) is 4.42 Å². The monoisotopic (exact) mass is 537 g/mol. The molecule has 3 aromatic carbocycles. The molecule has 0 radical (unpaired) electrons. The Bertz CT molecular complexity index is 1890. The van der Waals surface area contributed by atoms with Crippen LogP contribution in [-0.2, 0) is 10.2 Å². The number of aromatic nitrogens is 1. The van der Waals surface area contributed by atoms with Gasteiger partial charge in [-0.25, -0.2) is 0 Å². The SMILES string of the molecule is O=C(c1ccccn1)C1C(C(=O)c2cc3ccccc3o2)C2(C(=O)Nc3ccccc32)C2c3ccccc3C=CN12. The third-order valence-electron chi connectivity index (χ3n) is 8.71. The fourth-order valence-electron chi connectivity index (χ4n) is 7.08. The topological polar surface area (TPSA) is 92.5 Å². The molecule has 4 atom stereocenters. The van der Waals surface area contributed by atoms with Crippen molar-refractivity contribution in [3.63, 3.8) is 0 Å². The van der Waals surface area contributed by atoms with Crippen LogP contribution in [0.1, 0.15) is 43.8 Å². The lowest BCUT2D eigenvalue weighted by atomic mass is 9.63. The summed E-state index contributed by atoms with van der Waals surface area (Å²) in [6.07, 6.45) is 5.34. The first-order valence-corrected chi connectivity index (χ1v) is 13.5. The fraction of sp³-hybridized carbons (Fsp3) is 0.118. The highest BCUT2D eigenvalue weighted by Gasteiger charge is 2.71. The van der Waals surface area contributed by atoms with Crippen molar-refractivity contribution in [2.45, 2.75) is 17.5 Å². The van der Waals surface area contributed by atoms with Crippen LogP contribution in [0.25, 0.3) is 17.0 Å². The summed E-state index contributed by atoms with van der Waals surface area (Å²) < 4.78 is 6.08. The molecule has 1 spiro atoms. The van der Waals surface area contributed by atoms with E-state index >= 15 is 0 Å². The Kier molecular flexibility index (Phi) is 4.94. The number of nitrogens with one attached hydrogen (secondary N) is 1. The van der Waals surface area contributed by atoms with Gasteiger partial charge in [-0.2, -0.15) is 0 Å². The summed E-state index contributed by atoms with van der Waals surface area (Å²) in [6, 6.07) is 27.9. The molecule has 2 aromatic heterocycles. The minimum Gasteiger partial charge on any atom is -0.453 e. The fourth-order valence-corrected chi connectivity index (χ4v) is 7.08. The Balaban J connectivity index is 1.43. The van der Waals surface area contributed by atoms with Crippen LogP contribution in [0.4, 0.5) is 5.69 Å². The zero-order chi connectivity index (χ0) is 27.7. The van der Waals surface area contributed by atoms with Crippen LogP contribution >= 0.6 is 0 Å². The van der Waals surface area contributed by atoms with Gasteiger partial charge >= 0.3 is 0 Å². The van der Waals surface area contributed by atoms with Crippen molar-refractivity contribution in [2.75, 3.05) is 5.32 Å². The van der Waals surface area contributed by atoms with Gasteiger partial charge in [0, 0.05) is 23.5 Å². The number of hydrogen-bond acceptors (Lipinski definition) is 6. The van der Waals surface area contributed by atoms with Gasteiger partial charge in [0.05, 0.1) is 12.0 Å². The van der Waals surface area contributed by atoms with Crippen molar-refractivity contribution in [1.82, 2.24) is 9.88 Å². The van der Waals surface area contributed by atoms with Gasteiger partial charge in [-0.05, 0) is 53.1 Å². The first-order chi connectivity index (χ1) is 20.1. The summed E-state index contributed by atoms with van der Waals surface area (Å²) in [6.45, 7) is 0. The zero-order valence-electron chi connectivity index (χ0n) is 21.7. The highest BCUT2D eigenvalue weighted by atomic mass is 16.3. The molecular weight excluding hydrogens is 514 g/mol. The van der Waals surface area contributed by atoms with E-state index in [0.29, 0.717) is 16.8 Å². The van der Waals surface area contributed by atoms with Crippen molar-refractivity contribution in [3.8, 4) is 0 Å². The van der Waals surface area contributed by atoms with Gasteiger partial charge in [0.25, 0.3) is 0 Å². The molecule has 1 fully saturated rings. The lowest BCUT2D eigenvalue weighted by Crippen LogP contribution is -2.49. The molecule has 1 N–H and O–H groups in total. The quantitative estimate of drug-likeness (QED) is 0.291. The smallest absolute Gasteiger partial charge is 0.238 e. The summed E-state index contributed by atoms with van der Waals surface area (Å²) in [4.78, 5) is 50.0. The number of amides is 1. The van der Waals surface area contributed by atoms with Gasteiger partial charge < -0.3 is 14.6 Å². The van der Waals surface area contributed by atoms with Crippen LogP contribution < -0.4 is 5.32 Å². The van der Waals surface area contributed by atoms with E-state index in [0.717, 1.165) is 16.5 Å². The molecule has 5 heterocycles. The normalized spacial score (nSPS) is 23.8. The number of furan rings is 1. The molecule has 7 nitrogen and oxygen atoms in total. The number of hydrogen-bond donors (Lipinski definition) is 1. The number of Topliss-reactive ketones (excluding diaryl/α,β-unsaturated/α-hetero) is 2. The highest BCUT2D eigenvalue weighted by molar-refractivity contribution is 6.16. The largest absolute Gasteiger partial charge is 0.453 e. The maximum Gasteiger partial charge on any atom is 0.238 e. The molecule has 5 aromatic rings. The summed E-state index contributed by atoms with van der Waals surface area (Å²) in [5, 5.41) is 3.83. The van der Waals surface area contributed by atoms with E-state index in [1.807, 2.05) is 83.9 Å². The summed E-state index contributed by atoms with van der Waals surface area (Å²) in [7, 11) is 0. The van der Waals surface area contributed by atoms with Crippen LogP contribution in [0.15, 0.2) is 114 Å². The Hall–Kier alpha value is -5.30. The molecule has 0 aliphatic carbocycles. The van der Waals surface area contributed by atoms with Crippen LogP contribution in [0.2, 0.25) is 0 Å². The summed E-state index contributed by atoms with van der Waals surface area (Å²) >= 11 is 0. The second kappa shape index (κ2) is 8.60. The van der Waals surface area contributed by atoms with Crippen LogP contribution in [0.5, 0.6) is 0 Å². The molecule has 3 aliphatic rings. The number of carbonyl (C=O) groups is 3. The second-order valence-electron chi connectivity index (χ2n) is 10.7. The maximum atomic E-state index is 14.8. The lowest BCUT2D eigenvalue weighted by molar-refractivity contribution is -0.122. The number of carbonyl (C=O) groups excluding carboxylic acids is 3. The van der Waals surface area contributed by atoms with E-state index in [1.54, 1.807) is 36.5 Å². The predicted octanol–water partition coefficient (Wildman–Crippen LogP) is 5.81. The molecule has 0 bridgehead atoms. The number of ketones is 2. The van der Waals surface area contributed by atoms with Crippen molar-refractivity contribution >= 4 is 40.2 Å². The van der Waals surface area contributed by atoms with Crippen molar-refractivity contribution in [3.05, 3.63) is 138 Å². The maximum absolute atomic E-state index is 14.8. The number of pyridine rings is 1. The standard InChI is InChI=1S/C34H23N3O4/c38-30(25-14-7-8-17-35-25)29-28(31(39)27-19-21-10-2-6-15-26(21)41-27)34(23-12-4-5-13-24(23)36-33(34)40)32-22-11-3-1-9-20(22)16-18-37(29)32/h1-19,28-29,32H,(H,36,40). The number of nitrogens with zero attached hydrogens (tertiary/aromatic N) is 2. The molecule has 4 unspecified atom stereocenters. The summed E-state index contributed by atoms with van der Waals surface area (Å²) in [5.74, 6) is -2.04. The second-order valence-corrected chi connectivity index (χ2v) is 10.7. The van der Waals surface area contributed by atoms with Crippen LogP contribution in [0, 0.1) is 5.92 Å². The van der Waals surface area contributed by atoms with E-state index in [2.05, 4.69) is 10.3 Å². The van der Waals surface area contributed by atoms with Crippen LogP contribution in [0.3, 0.4) is 0 Å². The number of fused-ring (bicyclic) bond motifs is 7. The van der Waals surface area contributed by atoms with E-state index in [1.165, 1.54) is 0 Å². The Morgan fingerprint density at radius 3 is 2.51 bits per heavy atom. The van der Waals surface area contributed by atoms with Gasteiger partial charge in [-0.15, -0.1) is 0 Å². The average molecular weight is 538 g/mol. The molecular formula is C34H23N3O4. The molecule has 198 valence electrons. The Morgan fingerprint density at radius 2 is 1.66 bits per heavy atom. The van der Waals surface area contributed by atoms with E-state index < -0.39 is 29.2 Å². The number of para-hydroxylation sites is 2. The van der Waals surface area contributed by atoms with Gasteiger partial charge in [0.2, 0.25) is 17.5 Å². The molecule has 8 rings (SSSR count). The van der Waals surface area contributed by atoms with Gasteiger partial charge in [0.1, 0.15) is 22.7 Å². The molecule has 3 aliphatic heterocycles. The lowest BCUT2D eigenvalue weighted by Gasteiger charge is -2.38. The first-order valence-electron chi connectivity index (χ1n) is 13.5. The number of rotatable bonds is 4. The van der Waals surface area contributed by atoms with Gasteiger partial charge in [-0.1, -0.05) is 66.7 Å². The molecule has 1 saturated heterocycles. The average Bonchev–Trinajstić information content (AvgIpc) is 3.68. The van der Waals surface area contributed by atoms with Crippen molar-refractivity contribution < 1.29 is 18.8 Å². The molecule has 1 amide bonds.